The molecule has 0 aliphatic carbocycles. The molecular formula is C8H17O3S-. The Hall–Kier alpha value is -0.0900. The lowest BCUT2D eigenvalue weighted by molar-refractivity contribution is 0.444. The van der Waals surface area contributed by atoms with Crippen molar-refractivity contribution in [3.05, 3.63) is 0 Å². The summed E-state index contributed by atoms with van der Waals surface area (Å²) in [5.74, 6) is 0. The Labute approximate surface area is 74.9 Å². The lowest BCUT2D eigenvalue weighted by Gasteiger charge is -2.15. The lowest BCUT2D eigenvalue weighted by atomic mass is 10.1. The minimum atomic E-state index is -4.04. The van der Waals surface area contributed by atoms with Crippen LogP contribution in [-0.2, 0) is 10.1 Å². The van der Waals surface area contributed by atoms with Gasteiger partial charge in [0.15, 0.2) is 0 Å². The lowest BCUT2D eigenvalue weighted by Crippen LogP contribution is -2.16. The van der Waals surface area contributed by atoms with Crippen LogP contribution in [0.3, 0.4) is 0 Å². The molecule has 0 spiro atoms. The highest BCUT2D eigenvalue weighted by molar-refractivity contribution is 7.86. The number of hydrogen-bond acceptors (Lipinski definition) is 3. The molecule has 0 amide bonds. The molecule has 0 bridgehead atoms. The maximum Gasteiger partial charge on any atom is 0.0972 e. The Kier molecular flexibility index (Phi) is 5.50. The molecule has 1 unspecified atom stereocenters. The average Bonchev–Trinajstić information content (AvgIpc) is 1.96. The molecule has 0 N–H and O–H groups in total. The summed E-state index contributed by atoms with van der Waals surface area (Å²) in [6, 6.07) is 0. The van der Waals surface area contributed by atoms with Crippen molar-refractivity contribution in [2.75, 3.05) is 0 Å². The smallest absolute Gasteiger partial charge is 0.0972 e. The first kappa shape index (κ1) is 11.9. The predicted octanol–water partition coefficient (Wildman–Crippen LogP) is 1.89. The Morgan fingerprint density at radius 3 is 2.25 bits per heavy atom. The van der Waals surface area contributed by atoms with Crippen molar-refractivity contribution in [3.63, 3.8) is 0 Å². The Balaban J connectivity index is 3.52. The van der Waals surface area contributed by atoms with Crippen LogP contribution in [0.15, 0.2) is 0 Å². The van der Waals surface area contributed by atoms with E-state index in [-0.39, 0.29) is 0 Å². The molecule has 3 nitrogen and oxygen atoms in total. The van der Waals surface area contributed by atoms with E-state index >= 15 is 0 Å². The summed E-state index contributed by atoms with van der Waals surface area (Å²) in [6.45, 7) is 3.57. The van der Waals surface area contributed by atoms with Crippen molar-refractivity contribution in [1.29, 1.82) is 0 Å². The van der Waals surface area contributed by atoms with Gasteiger partial charge in [0.2, 0.25) is 0 Å². The van der Waals surface area contributed by atoms with E-state index in [1.807, 2.05) is 0 Å². The van der Waals surface area contributed by atoms with Gasteiger partial charge in [0.25, 0.3) is 0 Å². The summed E-state index contributed by atoms with van der Waals surface area (Å²) < 4.78 is 31.3. The topological polar surface area (TPSA) is 57.2 Å². The Morgan fingerprint density at radius 2 is 1.83 bits per heavy atom. The fourth-order valence-corrected chi connectivity index (χ4v) is 1.46. The van der Waals surface area contributed by atoms with Crippen LogP contribution >= 0.6 is 0 Å². The molecule has 0 radical (unpaired) electrons. The second kappa shape index (κ2) is 5.54. The summed E-state index contributed by atoms with van der Waals surface area (Å²) in [4.78, 5) is 0. The molecule has 0 aromatic carbocycles. The van der Waals surface area contributed by atoms with Crippen molar-refractivity contribution in [3.8, 4) is 0 Å². The fraction of sp³-hybridized carbons (Fsp3) is 1.00. The maximum atomic E-state index is 10.4. The third-order valence-corrected chi connectivity index (χ3v) is 3.18. The van der Waals surface area contributed by atoms with E-state index in [0.717, 1.165) is 25.7 Å². The molecule has 74 valence electrons. The van der Waals surface area contributed by atoms with Gasteiger partial charge in [-0.05, 0) is 13.3 Å². The van der Waals surface area contributed by atoms with Gasteiger partial charge >= 0.3 is 0 Å². The van der Waals surface area contributed by atoms with Gasteiger partial charge in [-0.2, -0.15) is 0 Å². The van der Waals surface area contributed by atoms with Crippen molar-refractivity contribution in [2.45, 2.75) is 51.2 Å². The standard InChI is InChI=1S/C8H18O3S/c1-3-4-5-6-7-8(2)12(9,10)11/h8H,3-7H2,1-2H3,(H,9,10,11)/p-1. The van der Waals surface area contributed by atoms with Gasteiger partial charge in [-0.15, -0.1) is 0 Å². The van der Waals surface area contributed by atoms with E-state index in [1.165, 1.54) is 6.92 Å². The van der Waals surface area contributed by atoms with Gasteiger partial charge in [-0.25, -0.2) is 8.42 Å². The highest BCUT2D eigenvalue weighted by atomic mass is 32.2. The largest absolute Gasteiger partial charge is 0.748 e. The second-order valence-electron chi connectivity index (χ2n) is 3.15. The van der Waals surface area contributed by atoms with Crippen LogP contribution in [0.25, 0.3) is 0 Å². The zero-order valence-electron chi connectivity index (χ0n) is 7.75. The molecular weight excluding hydrogens is 176 g/mol. The Bertz CT molecular complexity index is 196. The zero-order valence-corrected chi connectivity index (χ0v) is 8.56. The summed E-state index contributed by atoms with van der Waals surface area (Å²) in [6.07, 6.45) is 4.61. The third kappa shape index (κ3) is 5.55. The molecule has 12 heavy (non-hydrogen) atoms. The highest BCUT2D eigenvalue weighted by Crippen LogP contribution is 2.10. The van der Waals surface area contributed by atoms with Crippen LogP contribution in [0.5, 0.6) is 0 Å². The van der Waals surface area contributed by atoms with E-state index in [1.54, 1.807) is 0 Å². The molecule has 0 heterocycles. The molecule has 1 atom stereocenters. The first-order valence-electron chi connectivity index (χ1n) is 4.43. The molecule has 0 saturated carbocycles. The SMILES string of the molecule is CCCCCCC(C)S(=O)(=O)[O-]. The van der Waals surface area contributed by atoms with Crippen molar-refractivity contribution >= 4 is 10.1 Å². The third-order valence-electron chi connectivity index (χ3n) is 1.96. The predicted molar refractivity (Wildman–Crippen MR) is 47.9 cm³/mol. The minimum absolute atomic E-state index is 0.506. The molecule has 0 fully saturated rings. The highest BCUT2D eigenvalue weighted by Gasteiger charge is 2.08. The van der Waals surface area contributed by atoms with E-state index in [4.69, 9.17) is 0 Å². The first-order valence-corrected chi connectivity index (χ1v) is 5.90. The maximum absolute atomic E-state index is 10.4. The van der Waals surface area contributed by atoms with Gasteiger partial charge in [-0.1, -0.05) is 32.6 Å². The molecule has 0 aromatic heterocycles. The van der Waals surface area contributed by atoms with Gasteiger partial charge in [0, 0.05) is 5.25 Å². The molecule has 0 saturated heterocycles. The van der Waals surface area contributed by atoms with Crippen LogP contribution < -0.4 is 0 Å². The van der Waals surface area contributed by atoms with Crippen LogP contribution in [-0.4, -0.2) is 18.2 Å². The molecule has 4 heteroatoms. The van der Waals surface area contributed by atoms with E-state index < -0.39 is 15.4 Å². The van der Waals surface area contributed by atoms with Crippen molar-refractivity contribution in [2.24, 2.45) is 0 Å². The average molecular weight is 193 g/mol. The normalized spacial score (nSPS) is 14.6. The second-order valence-corrected chi connectivity index (χ2v) is 4.94. The molecule has 0 aliphatic heterocycles. The van der Waals surface area contributed by atoms with Crippen molar-refractivity contribution in [1.82, 2.24) is 0 Å². The van der Waals surface area contributed by atoms with Gasteiger partial charge < -0.3 is 4.55 Å². The van der Waals surface area contributed by atoms with Crippen molar-refractivity contribution < 1.29 is 13.0 Å². The zero-order chi connectivity index (χ0) is 9.61. The van der Waals surface area contributed by atoms with Crippen LogP contribution in [0.1, 0.15) is 46.0 Å². The van der Waals surface area contributed by atoms with Gasteiger partial charge in [-0.3, -0.25) is 0 Å². The minimum Gasteiger partial charge on any atom is -0.748 e. The summed E-state index contributed by atoms with van der Waals surface area (Å²) in [7, 11) is -4.04. The Morgan fingerprint density at radius 1 is 1.25 bits per heavy atom. The summed E-state index contributed by atoms with van der Waals surface area (Å²) in [5, 5.41) is -0.714. The summed E-state index contributed by atoms with van der Waals surface area (Å²) >= 11 is 0. The van der Waals surface area contributed by atoms with Gasteiger partial charge in [0.1, 0.15) is 0 Å². The van der Waals surface area contributed by atoms with E-state index in [2.05, 4.69) is 6.92 Å². The molecule has 0 aromatic rings. The number of rotatable bonds is 6. The van der Waals surface area contributed by atoms with Crippen LogP contribution in [0.2, 0.25) is 0 Å². The number of hydrogen-bond donors (Lipinski definition) is 0. The van der Waals surface area contributed by atoms with Gasteiger partial charge in [0.05, 0.1) is 10.1 Å². The number of unbranched alkanes of at least 4 members (excludes halogenated alkanes) is 3. The van der Waals surface area contributed by atoms with E-state index in [0.29, 0.717) is 6.42 Å². The van der Waals surface area contributed by atoms with Crippen LogP contribution in [0.4, 0.5) is 0 Å². The van der Waals surface area contributed by atoms with Crippen LogP contribution in [0, 0.1) is 0 Å². The summed E-state index contributed by atoms with van der Waals surface area (Å²) in [5.41, 5.74) is 0. The fourth-order valence-electron chi connectivity index (χ4n) is 1.00. The van der Waals surface area contributed by atoms with E-state index in [9.17, 15) is 13.0 Å². The first-order chi connectivity index (χ1) is 5.48. The monoisotopic (exact) mass is 193 g/mol. The molecule has 0 rings (SSSR count). The quantitative estimate of drug-likeness (QED) is 0.478. The molecule has 0 aliphatic rings.